The molecule has 0 heterocycles. The lowest BCUT2D eigenvalue weighted by Crippen LogP contribution is -2.53. The Hall–Kier alpha value is -0.770. The van der Waals surface area contributed by atoms with Gasteiger partial charge in [0.1, 0.15) is 0 Å². The zero-order valence-electron chi connectivity index (χ0n) is 10.3. The van der Waals surface area contributed by atoms with Gasteiger partial charge in [-0.1, -0.05) is 19.3 Å². The van der Waals surface area contributed by atoms with E-state index in [0.717, 1.165) is 25.7 Å². The van der Waals surface area contributed by atoms with Gasteiger partial charge in [-0.15, -0.1) is 0 Å². The van der Waals surface area contributed by atoms with E-state index >= 15 is 0 Å². The van der Waals surface area contributed by atoms with Crippen molar-refractivity contribution in [1.82, 2.24) is 10.6 Å². The van der Waals surface area contributed by atoms with Gasteiger partial charge in [-0.05, 0) is 39.2 Å². The Kier molecular flexibility index (Phi) is 5.60. The molecule has 1 fully saturated rings. The van der Waals surface area contributed by atoms with Crippen LogP contribution in [0, 0.1) is 0 Å². The molecule has 0 spiro atoms. The molecular weight excluding hydrogens is 202 g/mol. The van der Waals surface area contributed by atoms with Gasteiger partial charge in [-0.3, -0.25) is 0 Å². The zero-order chi connectivity index (χ0) is 11.9. The third-order valence-corrected chi connectivity index (χ3v) is 3.39. The van der Waals surface area contributed by atoms with Gasteiger partial charge in [0.05, 0.1) is 0 Å². The number of hydrogen-bond acceptors (Lipinski definition) is 2. The van der Waals surface area contributed by atoms with Crippen molar-refractivity contribution in [1.29, 1.82) is 0 Å². The topological polar surface area (TPSA) is 67.2 Å². The smallest absolute Gasteiger partial charge is 0.315 e. The minimum Gasteiger partial charge on any atom is -0.338 e. The Labute approximate surface area is 98.3 Å². The van der Waals surface area contributed by atoms with Gasteiger partial charge in [-0.2, -0.15) is 0 Å². The monoisotopic (exact) mass is 227 g/mol. The van der Waals surface area contributed by atoms with Crippen LogP contribution >= 0.6 is 0 Å². The number of urea groups is 1. The van der Waals surface area contributed by atoms with Crippen LogP contribution in [0.5, 0.6) is 0 Å². The lowest BCUT2D eigenvalue weighted by molar-refractivity contribution is 0.194. The van der Waals surface area contributed by atoms with Crippen LogP contribution in [0.25, 0.3) is 0 Å². The quantitative estimate of drug-likeness (QED) is 0.670. The highest BCUT2D eigenvalue weighted by atomic mass is 16.2. The van der Waals surface area contributed by atoms with E-state index in [0.29, 0.717) is 13.1 Å². The largest absolute Gasteiger partial charge is 0.338 e. The number of hydrogen-bond donors (Lipinski definition) is 3. The van der Waals surface area contributed by atoms with E-state index in [2.05, 4.69) is 10.6 Å². The fourth-order valence-corrected chi connectivity index (χ4v) is 2.55. The van der Waals surface area contributed by atoms with Crippen LogP contribution < -0.4 is 16.4 Å². The maximum absolute atomic E-state index is 11.6. The molecule has 1 aliphatic rings. The summed E-state index contributed by atoms with van der Waals surface area (Å²) in [5.74, 6) is 0. The maximum atomic E-state index is 11.6. The second-order valence-electron chi connectivity index (χ2n) is 4.72. The Morgan fingerprint density at radius 1 is 1.31 bits per heavy atom. The second kappa shape index (κ2) is 6.74. The first-order chi connectivity index (χ1) is 7.72. The lowest BCUT2D eigenvalue weighted by atomic mass is 9.78. The van der Waals surface area contributed by atoms with E-state index in [1.54, 1.807) is 0 Å². The fourth-order valence-electron chi connectivity index (χ4n) is 2.55. The molecule has 2 amide bonds. The highest BCUT2D eigenvalue weighted by Gasteiger charge is 2.32. The van der Waals surface area contributed by atoms with Crippen LogP contribution in [0.1, 0.15) is 51.9 Å². The molecule has 4 N–H and O–H groups in total. The zero-order valence-corrected chi connectivity index (χ0v) is 10.3. The van der Waals surface area contributed by atoms with Crippen molar-refractivity contribution in [3.8, 4) is 0 Å². The molecule has 94 valence electrons. The molecule has 0 aliphatic heterocycles. The first-order valence-corrected chi connectivity index (χ1v) is 6.48. The molecule has 0 unspecified atom stereocenters. The number of carbonyl (C=O) groups excluding carboxylic acids is 1. The molecule has 1 aliphatic carbocycles. The second-order valence-corrected chi connectivity index (χ2v) is 4.72. The molecule has 0 aromatic heterocycles. The van der Waals surface area contributed by atoms with Crippen molar-refractivity contribution in [2.45, 2.75) is 57.4 Å². The van der Waals surface area contributed by atoms with Gasteiger partial charge >= 0.3 is 6.03 Å². The van der Waals surface area contributed by atoms with E-state index in [4.69, 9.17) is 5.73 Å². The van der Waals surface area contributed by atoms with E-state index in [1.807, 2.05) is 6.92 Å². The molecule has 0 saturated heterocycles. The molecule has 0 radical (unpaired) electrons. The molecule has 4 nitrogen and oxygen atoms in total. The number of nitrogens with one attached hydrogen (secondary N) is 2. The van der Waals surface area contributed by atoms with Crippen molar-refractivity contribution in [2.75, 3.05) is 13.1 Å². The van der Waals surface area contributed by atoms with Gasteiger partial charge in [-0.25, -0.2) is 4.79 Å². The van der Waals surface area contributed by atoms with Crippen LogP contribution in [0.4, 0.5) is 4.79 Å². The van der Waals surface area contributed by atoms with Crippen molar-refractivity contribution in [3.05, 3.63) is 0 Å². The summed E-state index contributed by atoms with van der Waals surface area (Å²) in [6.07, 6.45) is 7.94. The summed E-state index contributed by atoms with van der Waals surface area (Å²) in [6, 6.07) is -0.0265. The molecule has 1 rings (SSSR count). The Morgan fingerprint density at radius 2 is 2.00 bits per heavy atom. The van der Waals surface area contributed by atoms with Crippen LogP contribution in [0.2, 0.25) is 0 Å². The summed E-state index contributed by atoms with van der Waals surface area (Å²) in [4.78, 5) is 11.6. The van der Waals surface area contributed by atoms with Crippen LogP contribution in [-0.2, 0) is 0 Å². The Balaban J connectivity index is 2.51. The van der Waals surface area contributed by atoms with Gasteiger partial charge in [0.25, 0.3) is 0 Å². The number of nitrogens with two attached hydrogens (primary N) is 1. The van der Waals surface area contributed by atoms with Crippen molar-refractivity contribution < 1.29 is 4.79 Å². The van der Waals surface area contributed by atoms with Gasteiger partial charge in [0.2, 0.25) is 0 Å². The molecule has 0 aromatic carbocycles. The third kappa shape index (κ3) is 4.00. The van der Waals surface area contributed by atoms with Crippen molar-refractivity contribution in [3.63, 3.8) is 0 Å². The molecular formula is C12H25N3O. The van der Waals surface area contributed by atoms with E-state index in [1.165, 1.54) is 19.3 Å². The summed E-state index contributed by atoms with van der Waals surface area (Å²) >= 11 is 0. The molecule has 16 heavy (non-hydrogen) atoms. The van der Waals surface area contributed by atoms with E-state index in [9.17, 15) is 4.79 Å². The minimum absolute atomic E-state index is 0.0108. The average molecular weight is 227 g/mol. The third-order valence-electron chi connectivity index (χ3n) is 3.39. The van der Waals surface area contributed by atoms with E-state index in [-0.39, 0.29) is 11.6 Å². The number of rotatable bonds is 5. The van der Waals surface area contributed by atoms with Gasteiger partial charge in [0, 0.05) is 12.1 Å². The number of amides is 2. The molecule has 4 heteroatoms. The fraction of sp³-hybridized carbons (Fsp3) is 0.917. The molecule has 0 aromatic rings. The summed E-state index contributed by atoms with van der Waals surface area (Å²) in [5.41, 5.74) is 5.58. The highest BCUT2D eigenvalue weighted by molar-refractivity contribution is 5.74. The maximum Gasteiger partial charge on any atom is 0.315 e. The predicted molar refractivity (Wildman–Crippen MR) is 66.3 cm³/mol. The first-order valence-electron chi connectivity index (χ1n) is 6.48. The van der Waals surface area contributed by atoms with Crippen LogP contribution in [0.15, 0.2) is 0 Å². The highest BCUT2D eigenvalue weighted by Crippen LogP contribution is 2.31. The van der Waals surface area contributed by atoms with Crippen LogP contribution in [0.3, 0.4) is 0 Å². The van der Waals surface area contributed by atoms with Gasteiger partial charge < -0.3 is 16.4 Å². The Morgan fingerprint density at radius 3 is 2.56 bits per heavy atom. The normalized spacial score (nSPS) is 19.1. The predicted octanol–water partition coefficient (Wildman–Crippen LogP) is 1.75. The minimum atomic E-state index is -0.0265. The number of carbonyl (C=O) groups is 1. The summed E-state index contributed by atoms with van der Waals surface area (Å²) in [6.45, 7) is 3.32. The van der Waals surface area contributed by atoms with Gasteiger partial charge in [0.15, 0.2) is 0 Å². The molecule has 1 saturated carbocycles. The summed E-state index contributed by atoms with van der Waals surface area (Å²) in [7, 11) is 0. The summed E-state index contributed by atoms with van der Waals surface area (Å²) < 4.78 is 0. The lowest BCUT2D eigenvalue weighted by Gasteiger charge is -2.38. The Bertz CT molecular complexity index is 212. The standard InChI is InChI=1S/C12H25N3O/c1-2-14-11(16)15-12(9-6-10-13)7-4-3-5-8-12/h2-10,13H2,1H3,(H2,14,15,16). The molecule has 0 bridgehead atoms. The summed E-state index contributed by atoms with van der Waals surface area (Å²) in [5, 5.41) is 5.98. The van der Waals surface area contributed by atoms with Crippen molar-refractivity contribution >= 4 is 6.03 Å². The van der Waals surface area contributed by atoms with E-state index < -0.39 is 0 Å². The first kappa shape index (κ1) is 13.3. The SMILES string of the molecule is CCNC(=O)NC1(CCCN)CCCCC1. The van der Waals surface area contributed by atoms with Crippen molar-refractivity contribution in [2.24, 2.45) is 5.73 Å². The molecule has 0 atom stereocenters. The van der Waals surface area contributed by atoms with Crippen LogP contribution in [-0.4, -0.2) is 24.7 Å². The average Bonchev–Trinajstić information content (AvgIpc) is 2.28.